The number of rotatable bonds is 3. The smallest absolute Gasteiger partial charge is 0.227 e. The number of halogens is 1. The standard InChI is InChI=1S/C16H12BrNO2/c17-15-6-2-5-14-13(15)7-8-18-16(14)20-12-4-1-3-11(9-12)10-19/h1-9,19H,10H2. The highest BCUT2D eigenvalue weighted by atomic mass is 79.9. The molecule has 20 heavy (non-hydrogen) atoms. The lowest BCUT2D eigenvalue weighted by atomic mass is 10.2. The minimum atomic E-state index is -0.00822. The summed E-state index contributed by atoms with van der Waals surface area (Å²) in [6, 6.07) is 15.2. The van der Waals surface area contributed by atoms with Crippen LogP contribution in [0.2, 0.25) is 0 Å². The third-order valence-electron chi connectivity index (χ3n) is 3.01. The van der Waals surface area contributed by atoms with Crippen molar-refractivity contribution < 1.29 is 9.84 Å². The molecule has 0 radical (unpaired) electrons. The highest BCUT2D eigenvalue weighted by Crippen LogP contribution is 2.31. The molecule has 0 unspecified atom stereocenters. The van der Waals surface area contributed by atoms with E-state index >= 15 is 0 Å². The van der Waals surface area contributed by atoms with Crippen LogP contribution >= 0.6 is 15.9 Å². The van der Waals surface area contributed by atoms with Crippen LogP contribution in [0.15, 0.2) is 59.2 Å². The summed E-state index contributed by atoms with van der Waals surface area (Å²) in [4.78, 5) is 4.29. The van der Waals surface area contributed by atoms with E-state index < -0.39 is 0 Å². The van der Waals surface area contributed by atoms with Crippen LogP contribution in [0, 0.1) is 0 Å². The van der Waals surface area contributed by atoms with Crippen molar-refractivity contribution in [3.63, 3.8) is 0 Å². The van der Waals surface area contributed by atoms with Crippen molar-refractivity contribution >= 4 is 26.7 Å². The molecule has 1 N–H and O–H groups in total. The Labute approximate surface area is 125 Å². The lowest BCUT2D eigenvalue weighted by molar-refractivity contribution is 0.281. The van der Waals surface area contributed by atoms with Gasteiger partial charge < -0.3 is 9.84 Å². The van der Waals surface area contributed by atoms with Gasteiger partial charge in [0.05, 0.1) is 6.61 Å². The fourth-order valence-corrected chi connectivity index (χ4v) is 2.54. The Kier molecular flexibility index (Phi) is 3.67. The molecule has 4 heteroatoms. The molecular formula is C16H12BrNO2. The van der Waals surface area contributed by atoms with E-state index in [4.69, 9.17) is 9.84 Å². The number of nitrogens with zero attached hydrogens (tertiary/aromatic N) is 1. The normalized spacial score (nSPS) is 10.7. The van der Waals surface area contributed by atoms with Crippen molar-refractivity contribution in [3.05, 3.63) is 64.8 Å². The molecule has 3 nitrogen and oxygen atoms in total. The summed E-state index contributed by atoms with van der Waals surface area (Å²) >= 11 is 3.52. The van der Waals surface area contributed by atoms with E-state index in [9.17, 15) is 0 Å². The quantitative estimate of drug-likeness (QED) is 0.779. The summed E-state index contributed by atoms with van der Waals surface area (Å²) in [7, 11) is 0. The van der Waals surface area contributed by atoms with Gasteiger partial charge in [0.1, 0.15) is 5.75 Å². The molecule has 1 aromatic heterocycles. The molecule has 0 aliphatic rings. The molecule has 0 aliphatic heterocycles. The monoisotopic (exact) mass is 329 g/mol. The molecule has 0 amide bonds. The second-order valence-corrected chi connectivity index (χ2v) is 5.21. The lowest BCUT2D eigenvalue weighted by Crippen LogP contribution is -1.91. The SMILES string of the molecule is OCc1cccc(Oc2nccc3c(Br)cccc23)c1. The molecule has 3 aromatic rings. The summed E-state index contributed by atoms with van der Waals surface area (Å²) in [6.07, 6.45) is 1.72. The van der Waals surface area contributed by atoms with Crippen LogP contribution in [-0.2, 0) is 6.61 Å². The molecule has 1 heterocycles. The maximum absolute atomic E-state index is 9.16. The Bertz CT molecular complexity index is 758. The lowest BCUT2D eigenvalue weighted by Gasteiger charge is -2.09. The average Bonchev–Trinajstić information content (AvgIpc) is 2.49. The maximum Gasteiger partial charge on any atom is 0.227 e. The Balaban J connectivity index is 2.04. The number of benzene rings is 2. The molecule has 100 valence electrons. The molecule has 0 atom stereocenters. The van der Waals surface area contributed by atoms with Crippen molar-refractivity contribution in [1.82, 2.24) is 4.98 Å². The first-order chi connectivity index (χ1) is 9.78. The number of hydrogen-bond donors (Lipinski definition) is 1. The Morgan fingerprint density at radius 3 is 2.75 bits per heavy atom. The molecular weight excluding hydrogens is 318 g/mol. The maximum atomic E-state index is 9.16. The van der Waals surface area contributed by atoms with Crippen LogP contribution < -0.4 is 4.74 Å². The Morgan fingerprint density at radius 2 is 1.90 bits per heavy atom. The average molecular weight is 330 g/mol. The first-order valence-corrected chi connectivity index (χ1v) is 6.98. The molecule has 0 spiro atoms. The third kappa shape index (κ3) is 2.53. The van der Waals surface area contributed by atoms with Crippen molar-refractivity contribution in [2.45, 2.75) is 6.61 Å². The zero-order chi connectivity index (χ0) is 13.9. The zero-order valence-corrected chi connectivity index (χ0v) is 12.2. The van der Waals surface area contributed by atoms with Gasteiger partial charge in [0.15, 0.2) is 0 Å². The minimum absolute atomic E-state index is 0.00822. The third-order valence-corrected chi connectivity index (χ3v) is 3.70. The van der Waals surface area contributed by atoms with Crippen LogP contribution in [0.5, 0.6) is 11.6 Å². The number of aromatic nitrogens is 1. The summed E-state index contributed by atoms with van der Waals surface area (Å²) in [5.74, 6) is 1.22. The van der Waals surface area contributed by atoms with Gasteiger partial charge in [-0.3, -0.25) is 0 Å². The van der Waals surface area contributed by atoms with Crippen LogP contribution in [0.1, 0.15) is 5.56 Å². The summed E-state index contributed by atoms with van der Waals surface area (Å²) in [6.45, 7) is -0.00822. The molecule has 0 saturated carbocycles. The zero-order valence-electron chi connectivity index (χ0n) is 10.6. The number of aliphatic hydroxyl groups is 1. The largest absolute Gasteiger partial charge is 0.438 e. The van der Waals surface area contributed by atoms with Gasteiger partial charge in [-0.15, -0.1) is 0 Å². The number of fused-ring (bicyclic) bond motifs is 1. The van der Waals surface area contributed by atoms with Gasteiger partial charge in [0, 0.05) is 21.4 Å². The highest BCUT2D eigenvalue weighted by Gasteiger charge is 2.07. The topological polar surface area (TPSA) is 42.4 Å². The fraction of sp³-hybridized carbons (Fsp3) is 0.0625. The van der Waals surface area contributed by atoms with Crippen LogP contribution in [0.3, 0.4) is 0 Å². The van der Waals surface area contributed by atoms with Crippen LogP contribution in [-0.4, -0.2) is 10.1 Å². The second kappa shape index (κ2) is 5.61. The van der Waals surface area contributed by atoms with E-state index in [0.29, 0.717) is 11.6 Å². The van der Waals surface area contributed by atoms with E-state index in [1.54, 1.807) is 12.3 Å². The van der Waals surface area contributed by atoms with Gasteiger partial charge >= 0.3 is 0 Å². The van der Waals surface area contributed by atoms with Gasteiger partial charge in [0.2, 0.25) is 5.88 Å². The van der Waals surface area contributed by atoms with Crippen molar-refractivity contribution in [1.29, 1.82) is 0 Å². The molecule has 0 bridgehead atoms. The summed E-state index contributed by atoms with van der Waals surface area (Å²) in [5, 5.41) is 11.2. The van der Waals surface area contributed by atoms with Crippen LogP contribution in [0.25, 0.3) is 10.8 Å². The molecule has 0 fully saturated rings. The number of aliphatic hydroxyl groups excluding tert-OH is 1. The minimum Gasteiger partial charge on any atom is -0.438 e. The van der Waals surface area contributed by atoms with Gasteiger partial charge in [-0.1, -0.05) is 34.1 Å². The molecule has 0 saturated heterocycles. The van der Waals surface area contributed by atoms with E-state index in [2.05, 4.69) is 20.9 Å². The van der Waals surface area contributed by atoms with E-state index in [1.165, 1.54) is 0 Å². The van der Waals surface area contributed by atoms with Gasteiger partial charge in [-0.2, -0.15) is 0 Å². The van der Waals surface area contributed by atoms with Crippen molar-refractivity contribution in [2.24, 2.45) is 0 Å². The fourth-order valence-electron chi connectivity index (χ4n) is 2.04. The molecule has 2 aromatic carbocycles. The van der Waals surface area contributed by atoms with Gasteiger partial charge in [-0.25, -0.2) is 4.98 Å². The predicted molar refractivity (Wildman–Crippen MR) is 81.9 cm³/mol. The van der Waals surface area contributed by atoms with Crippen molar-refractivity contribution in [3.8, 4) is 11.6 Å². The van der Waals surface area contributed by atoms with Gasteiger partial charge in [-0.05, 0) is 35.9 Å². The first kappa shape index (κ1) is 13.1. The van der Waals surface area contributed by atoms with Crippen LogP contribution in [0.4, 0.5) is 0 Å². The predicted octanol–water partition coefficient (Wildman–Crippen LogP) is 4.28. The Morgan fingerprint density at radius 1 is 1.05 bits per heavy atom. The number of hydrogen-bond acceptors (Lipinski definition) is 3. The van der Waals surface area contributed by atoms with Crippen molar-refractivity contribution in [2.75, 3.05) is 0 Å². The molecule has 3 rings (SSSR count). The summed E-state index contributed by atoms with van der Waals surface area (Å²) < 4.78 is 6.85. The van der Waals surface area contributed by atoms with E-state index in [1.807, 2.05) is 42.5 Å². The number of pyridine rings is 1. The van der Waals surface area contributed by atoms with E-state index in [-0.39, 0.29) is 6.61 Å². The van der Waals surface area contributed by atoms with E-state index in [0.717, 1.165) is 20.8 Å². The molecule has 0 aliphatic carbocycles. The number of ether oxygens (including phenoxy) is 1. The summed E-state index contributed by atoms with van der Waals surface area (Å²) in [5.41, 5.74) is 0.809. The highest BCUT2D eigenvalue weighted by molar-refractivity contribution is 9.10. The van der Waals surface area contributed by atoms with Gasteiger partial charge in [0.25, 0.3) is 0 Å². The second-order valence-electron chi connectivity index (χ2n) is 4.36. The first-order valence-electron chi connectivity index (χ1n) is 6.19. The Hall–Kier alpha value is -1.91.